The first kappa shape index (κ1) is 20.8. The summed E-state index contributed by atoms with van der Waals surface area (Å²) in [5.41, 5.74) is 6.64. The number of pyridine rings is 1. The van der Waals surface area contributed by atoms with E-state index in [-0.39, 0.29) is 24.1 Å². The summed E-state index contributed by atoms with van der Waals surface area (Å²) in [4.78, 5) is 16.6. The Labute approximate surface area is 175 Å². The number of carbonyl (C=O) groups excluding carboxylic acids is 1. The second kappa shape index (κ2) is 9.05. The van der Waals surface area contributed by atoms with Crippen LogP contribution in [0.4, 0.5) is 10.2 Å². The fourth-order valence-corrected chi connectivity index (χ4v) is 3.37. The molecule has 8 heteroatoms. The summed E-state index contributed by atoms with van der Waals surface area (Å²) in [6.45, 7) is 3.22. The van der Waals surface area contributed by atoms with Gasteiger partial charge in [-0.1, -0.05) is 13.3 Å². The summed E-state index contributed by atoms with van der Waals surface area (Å²) < 4.78 is 15.3. The molecular formula is C21H23ClFN5O. The van der Waals surface area contributed by atoms with Gasteiger partial charge >= 0.3 is 0 Å². The van der Waals surface area contributed by atoms with Gasteiger partial charge in [0.2, 0.25) is 5.91 Å². The Morgan fingerprint density at radius 3 is 2.52 bits per heavy atom. The lowest BCUT2D eigenvalue weighted by molar-refractivity contribution is -0.130. The molecule has 4 rings (SSSR count). The molecule has 29 heavy (non-hydrogen) atoms. The van der Waals surface area contributed by atoms with Crippen LogP contribution in [0.2, 0.25) is 0 Å². The minimum atomic E-state index is -0.288. The molecule has 0 saturated carbocycles. The maximum atomic E-state index is 13.4. The molecule has 0 fully saturated rings. The first-order chi connectivity index (χ1) is 13.7. The molecule has 0 unspecified atom stereocenters. The predicted octanol–water partition coefficient (Wildman–Crippen LogP) is 4.53. The number of fused-ring (bicyclic) bond motifs is 1. The van der Waals surface area contributed by atoms with Crippen LogP contribution in [0, 0.1) is 5.82 Å². The maximum Gasteiger partial charge on any atom is 0.240 e. The van der Waals surface area contributed by atoms with Crippen LogP contribution in [0.3, 0.4) is 0 Å². The first-order valence-electron chi connectivity index (χ1n) is 9.51. The average Bonchev–Trinajstić information content (AvgIpc) is 3.11. The Hall–Kier alpha value is -2.93. The van der Waals surface area contributed by atoms with Crippen LogP contribution in [-0.4, -0.2) is 32.2 Å². The monoisotopic (exact) mass is 415 g/mol. The van der Waals surface area contributed by atoms with Crippen LogP contribution in [0.15, 0.2) is 48.8 Å². The number of aromatic nitrogens is 3. The highest BCUT2D eigenvalue weighted by Gasteiger charge is 2.27. The van der Waals surface area contributed by atoms with E-state index in [2.05, 4.69) is 17.3 Å². The van der Waals surface area contributed by atoms with Crippen molar-refractivity contribution in [2.24, 2.45) is 0 Å². The van der Waals surface area contributed by atoms with Gasteiger partial charge in [-0.05, 0) is 48.4 Å². The maximum absolute atomic E-state index is 13.4. The fraction of sp³-hybridized carbons (Fsp3) is 0.286. The molecule has 1 aromatic carbocycles. The average molecular weight is 416 g/mol. The molecule has 0 spiro atoms. The quantitative estimate of drug-likeness (QED) is 0.664. The van der Waals surface area contributed by atoms with Crippen LogP contribution >= 0.6 is 12.4 Å². The summed E-state index contributed by atoms with van der Waals surface area (Å²) in [6.07, 6.45) is 5.82. The van der Waals surface area contributed by atoms with Crippen LogP contribution in [0.25, 0.3) is 22.4 Å². The molecule has 1 N–H and O–H groups in total. The summed E-state index contributed by atoms with van der Waals surface area (Å²) in [5.74, 6) is 0.559. The van der Waals surface area contributed by atoms with E-state index in [9.17, 15) is 9.18 Å². The smallest absolute Gasteiger partial charge is 0.240 e. The largest absolute Gasteiger partial charge is 0.279 e. The number of rotatable bonds is 5. The van der Waals surface area contributed by atoms with Crippen molar-refractivity contribution in [3.63, 3.8) is 0 Å². The van der Waals surface area contributed by atoms with E-state index in [1.54, 1.807) is 29.5 Å². The van der Waals surface area contributed by atoms with Crippen LogP contribution in [0.5, 0.6) is 0 Å². The minimum Gasteiger partial charge on any atom is -0.279 e. The number of hydrogen-bond acceptors (Lipinski definition) is 4. The highest BCUT2D eigenvalue weighted by atomic mass is 35.5. The zero-order valence-corrected chi connectivity index (χ0v) is 17.0. The number of halogens is 2. The Kier molecular flexibility index (Phi) is 6.49. The Morgan fingerprint density at radius 2 is 1.83 bits per heavy atom. The van der Waals surface area contributed by atoms with Crippen LogP contribution in [-0.2, 0) is 11.3 Å². The van der Waals surface area contributed by atoms with Crippen molar-refractivity contribution < 1.29 is 9.18 Å². The lowest BCUT2D eigenvalue weighted by atomic mass is 10.0. The molecule has 2 aromatic heterocycles. The SMILES string of the molecule is CCCCC(=O)N1CCn2nc(-c3ccc(F)cc3)c(-c3ccncc3)c2N1.Cl. The number of anilines is 1. The number of nitrogens with zero attached hydrogens (tertiary/aromatic N) is 4. The third kappa shape index (κ3) is 4.24. The van der Waals surface area contributed by atoms with Crippen molar-refractivity contribution in [3.8, 4) is 22.4 Å². The molecule has 3 aromatic rings. The van der Waals surface area contributed by atoms with E-state index in [0.717, 1.165) is 41.0 Å². The third-order valence-electron chi connectivity index (χ3n) is 4.86. The molecule has 1 aliphatic heterocycles. The molecule has 0 aliphatic carbocycles. The molecule has 0 atom stereocenters. The van der Waals surface area contributed by atoms with Gasteiger partial charge < -0.3 is 0 Å². The summed E-state index contributed by atoms with van der Waals surface area (Å²) >= 11 is 0. The van der Waals surface area contributed by atoms with Crippen molar-refractivity contribution >= 4 is 24.1 Å². The molecule has 3 heterocycles. The molecule has 0 bridgehead atoms. The predicted molar refractivity (Wildman–Crippen MR) is 113 cm³/mol. The summed E-state index contributed by atoms with van der Waals surface area (Å²) in [6, 6.07) is 10.1. The molecule has 1 aliphatic rings. The van der Waals surface area contributed by atoms with E-state index in [0.29, 0.717) is 19.5 Å². The van der Waals surface area contributed by atoms with Crippen molar-refractivity contribution in [2.45, 2.75) is 32.7 Å². The van der Waals surface area contributed by atoms with Gasteiger partial charge in [-0.3, -0.25) is 20.2 Å². The van der Waals surface area contributed by atoms with Gasteiger partial charge in [0.25, 0.3) is 0 Å². The lowest BCUT2D eigenvalue weighted by Crippen LogP contribution is -2.43. The normalized spacial score (nSPS) is 12.7. The van der Waals surface area contributed by atoms with E-state index in [1.165, 1.54) is 12.1 Å². The van der Waals surface area contributed by atoms with E-state index >= 15 is 0 Å². The highest BCUT2D eigenvalue weighted by molar-refractivity contribution is 5.90. The molecular weight excluding hydrogens is 393 g/mol. The second-order valence-electron chi connectivity index (χ2n) is 6.80. The molecule has 152 valence electrons. The van der Waals surface area contributed by atoms with Crippen molar-refractivity contribution in [3.05, 3.63) is 54.6 Å². The summed E-state index contributed by atoms with van der Waals surface area (Å²) in [7, 11) is 0. The number of benzene rings is 1. The van der Waals surface area contributed by atoms with Gasteiger partial charge in [-0.25, -0.2) is 9.07 Å². The van der Waals surface area contributed by atoms with Gasteiger partial charge in [0.1, 0.15) is 11.5 Å². The standard InChI is InChI=1S/C21H22FN5O.ClH/c1-2-3-4-18(28)26-13-14-27-21(25-26)19(15-9-11-23-12-10-15)20(24-27)16-5-7-17(22)8-6-16;/h5-12,25H,2-4,13-14H2,1H3;1H. The number of hydrazine groups is 1. The van der Waals surface area contributed by atoms with Gasteiger partial charge in [-0.2, -0.15) is 5.10 Å². The number of nitrogens with one attached hydrogen (secondary N) is 1. The molecule has 6 nitrogen and oxygen atoms in total. The fourth-order valence-electron chi connectivity index (χ4n) is 3.37. The number of hydrogen-bond donors (Lipinski definition) is 1. The van der Waals surface area contributed by atoms with Crippen LogP contribution in [0.1, 0.15) is 26.2 Å². The topological polar surface area (TPSA) is 63.1 Å². The number of amides is 1. The Bertz CT molecular complexity index is 975. The van der Waals surface area contributed by atoms with E-state index < -0.39 is 0 Å². The third-order valence-corrected chi connectivity index (χ3v) is 4.86. The van der Waals surface area contributed by atoms with E-state index in [4.69, 9.17) is 5.10 Å². The highest BCUT2D eigenvalue weighted by Crippen LogP contribution is 2.39. The zero-order chi connectivity index (χ0) is 19.5. The number of carbonyl (C=O) groups is 1. The van der Waals surface area contributed by atoms with Crippen LogP contribution < -0.4 is 5.43 Å². The minimum absolute atomic E-state index is 0. The first-order valence-corrected chi connectivity index (χ1v) is 9.51. The molecule has 0 radical (unpaired) electrons. The van der Waals surface area contributed by atoms with Gasteiger partial charge in [0.15, 0.2) is 5.82 Å². The van der Waals surface area contributed by atoms with Gasteiger partial charge in [0.05, 0.1) is 18.7 Å². The zero-order valence-electron chi connectivity index (χ0n) is 16.1. The second-order valence-corrected chi connectivity index (χ2v) is 6.80. The number of unbranched alkanes of at least 4 members (excludes halogenated alkanes) is 1. The van der Waals surface area contributed by atoms with Gasteiger partial charge in [0, 0.05) is 24.4 Å². The molecule has 0 saturated heterocycles. The Morgan fingerprint density at radius 1 is 1.10 bits per heavy atom. The van der Waals surface area contributed by atoms with Crippen molar-refractivity contribution in [1.82, 2.24) is 19.8 Å². The lowest BCUT2D eigenvalue weighted by Gasteiger charge is -2.30. The Balaban J connectivity index is 0.00000240. The van der Waals surface area contributed by atoms with E-state index in [1.807, 2.05) is 16.8 Å². The van der Waals surface area contributed by atoms with Gasteiger partial charge in [-0.15, -0.1) is 12.4 Å². The van der Waals surface area contributed by atoms with Crippen molar-refractivity contribution in [2.75, 3.05) is 12.0 Å². The summed E-state index contributed by atoms with van der Waals surface area (Å²) in [5, 5.41) is 6.43. The van der Waals surface area contributed by atoms with Crippen molar-refractivity contribution in [1.29, 1.82) is 0 Å². The molecule has 1 amide bonds.